The fraction of sp³-hybridized carbons (Fsp3) is 0.296. The van der Waals surface area contributed by atoms with E-state index in [0.29, 0.717) is 11.1 Å². The van der Waals surface area contributed by atoms with Crippen molar-refractivity contribution in [1.29, 1.82) is 0 Å². The lowest BCUT2D eigenvalue weighted by molar-refractivity contribution is -0.137. The lowest BCUT2D eigenvalue weighted by Crippen LogP contribution is -2.36. The number of hydrogen-bond acceptors (Lipinski definition) is 4. The van der Waals surface area contributed by atoms with Crippen LogP contribution in [0.5, 0.6) is 5.75 Å². The second-order valence-electron chi connectivity index (χ2n) is 9.58. The number of aromatic nitrogens is 1. The number of carboxylic acid groups (broad SMARTS) is 1. The number of aliphatic carboxylic acids is 1. The first-order valence-electron chi connectivity index (χ1n) is 11.3. The number of anilines is 1. The number of nitrogens with zero attached hydrogens (tertiary/aromatic N) is 1. The molecular weight excluding hydrogens is 446 g/mol. The molecule has 0 spiro atoms. The molecule has 3 rings (SSSR count). The molecule has 1 heterocycles. The Hall–Kier alpha value is -4.07. The Labute approximate surface area is 204 Å². The summed E-state index contributed by atoms with van der Waals surface area (Å²) in [5.41, 5.74) is 2.34. The molecular formula is C27H31N3O5. The minimum Gasteiger partial charge on any atom is -0.507 e. The molecule has 35 heavy (non-hydrogen) atoms. The highest BCUT2D eigenvalue weighted by Crippen LogP contribution is 2.33. The molecule has 3 aromatic rings. The van der Waals surface area contributed by atoms with Crippen LogP contribution in [0.2, 0.25) is 0 Å². The van der Waals surface area contributed by atoms with Crippen molar-refractivity contribution < 1.29 is 19.8 Å². The van der Waals surface area contributed by atoms with Crippen LogP contribution in [-0.4, -0.2) is 26.8 Å². The van der Waals surface area contributed by atoms with E-state index in [4.69, 9.17) is 0 Å². The highest BCUT2D eigenvalue weighted by molar-refractivity contribution is 5.89. The molecule has 0 aliphatic rings. The van der Waals surface area contributed by atoms with Gasteiger partial charge in [0.05, 0.1) is 19.0 Å². The van der Waals surface area contributed by atoms with E-state index in [2.05, 4.69) is 10.6 Å². The van der Waals surface area contributed by atoms with Gasteiger partial charge in [-0.3, -0.25) is 9.59 Å². The van der Waals surface area contributed by atoms with Gasteiger partial charge in [-0.2, -0.15) is 0 Å². The number of carbonyl (C=O) groups excluding carboxylic acids is 1. The van der Waals surface area contributed by atoms with E-state index in [-0.39, 0.29) is 29.8 Å². The number of carboxylic acids is 1. The third kappa shape index (κ3) is 6.50. The smallest absolute Gasteiger partial charge is 0.319 e. The number of nitrogens with one attached hydrogen (secondary N) is 2. The number of pyridine rings is 1. The van der Waals surface area contributed by atoms with Gasteiger partial charge < -0.3 is 25.4 Å². The van der Waals surface area contributed by atoms with Crippen molar-refractivity contribution in [2.75, 3.05) is 5.32 Å². The second kappa shape index (κ2) is 10.5. The molecule has 1 aromatic heterocycles. The fourth-order valence-corrected chi connectivity index (χ4v) is 3.81. The van der Waals surface area contributed by atoms with E-state index < -0.39 is 23.6 Å². The van der Waals surface area contributed by atoms with Gasteiger partial charge >= 0.3 is 12.0 Å². The number of aromatic hydroxyl groups is 1. The quantitative estimate of drug-likeness (QED) is 0.398. The molecule has 0 unspecified atom stereocenters. The highest BCUT2D eigenvalue weighted by Gasteiger charge is 2.21. The molecule has 2 amide bonds. The summed E-state index contributed by atoms with van der Waals surface area (Å²) in [6, 6.07) is 14.3. The highest BCUT2D eigenvalue weighted by atomic mass is 16.4. The van der Waals surface area contributed by atoms with Gasteiger partial charge in [0, 0.05) is 11.8 Å². The first-order valence-corrected chi connectivity index (χ1v) is 11.3. The molecule has 0 radical (unpaired) electrons. The molecule has 2 aromatic carbocycles. The lowest BCUT2D eigenvalue weighted by atomic mass is 9.85. The number of benzene rings is 2. The number of phenols is 1. The van der Waals surface area contributed by atoms with Gasteiger partial charge in [-0.25, -0.2) is 4.79 Å². The van der Waals surface area contributed by atoms with Crippen molar-refractivity contribution in [2.45, 2.75) is 52.1 Å². The van der Waals surface area contributed by atoms with E-state index in [0.717, 1.165) is 11.1 Å². The summed E-state index contributed by atoms with van der Waals surface area (Å²) in [5.74, 6) is -0.923. The van der Waals surface area contributed by atoms with Gasteiger partial charge in [-0.05, 0) is 35.6 Å². The third-order valence-corrected chi connectivity index (χ3v) is 5.70. The topological polar surface area (TPSA) is 121 Å². The van der Waals surface area contributed by atoms with Crippen LogP contribution in [0.1, 0.15) is 55.5 Å². The number of phenolic OH excluding ortho intramolecular Hbond substituents is 1. The van der Waals surface area contributed by atoms with E-state index in [9.17, 15) is 24.6 Å². The normalized spacial score (nSPS) is 12.1. The van der Waals surface area contributed by atoms with Gasteiger partial charge in [0.1, 0.15) is 11.4 Å². The molecule has 0 aliphatic heterocycles. The Morgan fingerprint density at radius 2 is 1.71 bits per heavy atom. The van der Waals surface area contributed by atoms with E-state index in [1.807, 2.05) is 52.0 Å². The predicted molar refractivity (Wildman–Crippen MR) is 135 cm³/mol. The molecule has 0 fully saturated rings. The Bertz CT molecular complexity index is 1270. The maximum atomic E-state index is 13.0. The third-order valence-electron chi connectivity index (χ3n) is 5.70. The first kappa shape index (κ1) is 25.6. The summed E-state index contributed by atoms with van der Waals surface area (Å²) in [7, 11) is 0. The SMILES string of the molecule is Cc1ccc([C@H](CC(=O)O)NC(=O)Nc2cccn(Cc3cccc(C(C)(C)C)c3O)c2=O)cc1. The molecule has 1 atom stereocenters. The summed E-state index contributed by atoms with van der Waals surface area (Å²) >= 11 is 0. The summed E-state index contributed by atoms with van der Waals surface area (Å²) in [4.78, 5) is 37.0. The van der Waals surface area contributed by atoms with Crippen LogP contribution < -0.4 is 16.2 Å². The number of para-hydroxylation sites is 1. The average molecular weight is 478 g/mol. The minimum atomic E-state index is -1.06. The fourth-order valence-electron chi connectivity index (χ4n) is 3.81. The summed E-state index contributed by atoms with van der Waals surface area (Å²) in [6.07, 6.45) is 1.27. The van der Waals surface area contributed by atoms with Crippen LogP contribution in [-0.2, 0) is 16.8 Å². The molecule has 184 valence electrons. The zero-order valence-electron chi connectivity index (χ0n) is 20.3. The zero-order chi connectivity index (χ0) is 25.8. The van der Waals surface area contributed by atoms with E-state index >= 15 is 0 Å². The Morgan fingerprint density at radius 1 is 1.03 bits per heavy atom. The lowest BCUT2D eigenvalue weighted by Gasteiger charge is -2.22. The number of carbonyl (C=O) groups is 2. The standard InChI is InChI=1S/C27H31N3O5/c1-17-10-12-18(13-11-17)22(15-23(31)32)29-26(35)28-21-9-6-14-30(25(21)34)16-19-7-5-8-20(24(19)33)27(2,3)4/h5-14,22,33H,15-16H2,1-4H3,(H,31,32)(H2,28,29,35)/t22-/m0/s1. The minimum absolute atomic E-state index is 0.0365. The van der Waals surface area contributed by atoms with Crippen LogP contribution in [0.4, 0.5) is 10.5 Å². The van der Waals surface area contributed by atoms with Gasteiger partial charge in [-0.1, -0.05) is 68.8 Å². The first-order chi connectivity index (χ1) is 16.5. The number of hydrogen-bond donors (Lipinski definition) is 4. The molecule has 4 N–H and O–H groups in total. The van der Waals surface area contributed by atoms with Crippen LogP contribution in [0.15, 0.2) is 65.6 Å². The Morgan fingerprint density at radius 3 is 2.34 bits per heavy atom. The Kier molecular flexibility index (Phi) is 7.64. The van der Waals surface area contributed by atoms with Gasteiger partial charge in [-0.15, -0.1) is 0 Å². The maximum Gasteiger partial charge on any atom is 0.319 e. The molecule has 8 nitrogen and oxygen atoms in total. The molecule has 0 saturated heterocycles. The van der Waals surface area contributed by atoms with E-state index in [1.165, 1.54) is 10.6 Å². The van der Waals surface area contributed by atoms with Crippen molar-refractivity contribution in [3.63, 3.8) is 0 Å². The Balaban J connectivity index is 1.80. The van der Waals surface area contributed by atoms with Crippen molar-refractivity contribution in [3.05, 3.63) is 93.4 Å². The molecule has 0 saturated carbocycles. The molecule has 0 aliphatic carbocycles. The summed E-state index contributed by atoms with van der Waals surface area (Å²) < 4.78 is 1.39. The van der Waals surface area contributed by atoms with Crippen molar-refractivity contribution >= 4 is 17.7 Å². The monoisotopic (exact) mass is 477 g/mol. The van der Waals surface area contributed by atoms with Gasteiger partial charge in [0.2, 0.25) is 0 Å². The van der Waals surface area contributed by atoms with Gasteiger partial charge in [0.25, 0.3) is 5.56 Å². The average Bonchev–Trinajstić information content (AvgIpc) is 2.77. The van der Waals surface area contributed by atoms with Crippen LogP contribution >= 0.6 is 0 Å². The van der Waals surface area contributed by atoms with Crippen molar-refractivity contribution in [3.8, 4) is 5.75 Å². The van der Waals surface area contributed by atoms with Crippen LogP contribution in [0.3, 0.4) is 0 Å². The van der Waals surface area contributed by atoms with Crippen molar-refractivity contribution in [2.24, 2.45) is 0 Å². The number of aryl methyl sites for hydroxylation is 1. The number of urea groups is 1. The van der Waals surface area contributed by atoms with Crippen LogP contribution in [0, 0.1) is 6.92 Å². The maximum absolute atomic E-state index is 13.0. The summed E-state index contributed by atoms with van der Waals surface area (Å²) in [5, 5.41) is 25.2. The molecule has 0 bridgehead atoms. The zero-order valence-corrected chi connectivity index (χ0v) is 20.3. The predicted octanol–water partition coefficient (Wildman–Crippen LogP) is 4.55. The summed E-state index contributed by atoms with van der Waals surface area (Å²) in [6.45, 7) is 8.02. The van der Waals surface area contributed by atoms with Gasteiger partial charge in [0.15, 0.2) is 0 Å². The van der Waals surface area contributed by atoms with Crippen LogP contribution in [0.25, 0.3) is 0 Å². The second-order valence-corrected chi connectivity index (χ2v) is 9.58. The number of rotatable bonds is 7. The number of amides is 2. The van der Waals surface area contributed by atoms with E-state index in [1.54, 1.807) is 30.5 Å². The largest absolute Gasteiger partial charge is 0.507 e. The van der Waals surface area contributed by atoms with Crippen molar-refractivity contribution in [1.82, 2.24) is 9.88 Å². The molecule has 8 heteroatoms.